The predicted octanol–water partition coefficient (Wildman–Crippen LogP) is 1.46. The van der Waals surface area contributed by atoms with Crippen molar-refractivity contribution in [2.45, 2.75) is 46.1 Å². The van der Waals surface area contributed by atoms with E-state index in [0.29, 0.717) is 11.4 Å². The Morgan fingerprint density at radius 1 is 1.33 bits per heavy atom. The van der Waals surface area contributed by atoms with Crippen molar-refractivity contribution in [2.75, 3.05) is 11.9 Å². The van der Waals surface area contributed by atoms with Crippen molar-refractivity contribution >= 4 is 17.6 Å². The molecule has 0 radical (unpaired) electrons. The average Bonchev–Trinajstić information content (AvgIpc) is 2.43. The molecule has 0 aliphatic heterocycles. The Hall–Kier alpha value is -2.11. The van der Waals surface area contributed by atoms with Crippen molar-refractivity contribution in [1.29, 1.82) is 0 Å². The van der Waals surface area contributed by atoms with Crippen LogP contribution in [0.2, 0.25) is 0 Å². The zero-order valence-corrected chi connectivity index (χ0v) is 12.9. The molecule has 4 N–H and O–H groups in total. The van der Waals surface area contributed by atoms with Crippen molar-refractivity contribution in [3.8, 4) is 0 Å². The number of pyridine rings is 1. The van der Waals surface area contributed by atoms with E-state index in [9.17, 15) is 9.59 Å². The molecule has 2 amide bonds. The van der Waals surface area contributed by atoms with Crippen molar-refractivity contribution in [1.82, 2.24) is 10.3 Å². The first-order valence-electron chi connectivity index (χ1n) is 7.30. The van der Waals surface area contributed by atoms with E-state index < -0.39 is 5.91 Å². The molecule has 116 valence electrons. The maximum Gasteiger partial charge on any atom is 0.251 e. The van der Waals surface area contributed by atoms with Gasteiger partial charge < -0.3 is 16.4 Å². The number of nitrogens with two attached hydrogens (primary N) is 1. The van der Waals surface area contributed by atoms with E-state index in [0.717, 1.165) is 25.1 Å². The molecule has 21 heavy (non-hydrogen) atoms. The SMILES string of the molecule is CCCNc1cc(C(=O)NC(C)CC(N)=O)cc(CC)n1. The van der Waals surface area contributed by atoms with E-state index in [1.165, 1.54) is 0 Å². The Bertz CT molecular complexity index is 502. The second kappa shape index (κ2) is 8.24. The summed E-state index contributed by atoms with van der Waals surface area (Å²) in [7, 11) is 0. The standard InChI is InChI=1S/C15H24N4O2/c1-4-6-17-14-9-11(8-12(5-2)19-14)15(21)18-10(3)7-13(16)20/h8-10H,4-7H2,1-3H3,(H2,16,20)(H,17,19)(H,18,21). The minimum Gasteiger partial charge on any atom is -0.370 e. The molecule has 6 heteroatoms. The number of anilines is 1. The molecule has 0 aliphatic carbocycles. The van der Waals surface area contributed by atoms with Gasteiger partial charge in [0.2, 0.25) is 5.91 Å². The minimum atomic E-state index is -0.433. The summed E-state index contributed by atoms with van der Waals surface area (Å²) in [6.45, 7) is 6.61. The number of primary amides is 1. The average molecular weight is 292 g/mol. The van der Waals surface area contributed by atoms with Gasteiger partial charge in [-0.2, -0.15) is 0 Å². The molecular formula is C15H24N4O2. The van der Waals surface area contributed by atoms with Gasteiger partial charge in [-0.3, -0.25) is 9.59 Å². The van der Waals surface area contributed by atoms with E-state index >= 15 is 0 Å². The third kappa shape index (κ3) is 5.81. The summed E-state index contributed by atoms with van der Waals surface area (Å²) in [4.78, 5) is 27.5. The lowest BCUT2D eigenvalue weighted by atomic mass is 10.1. The van der Waals surface area contributed by atoms with Gasteiger partial charge in [0.1, 0.15) is 5.82 Å². The first-order valence-corrected chi connectivity index (χ1v) is 7.30. The summed E-state index contributed by atoms with van der Waals surface area (Å²) in [6.07, 6.45) is 1.85. The smallest absolute Gasteiger partial charge is 0.251 e. The summed E-state index contributed by atoms with van der Waals surface area (Å²) >= 11 is 0. The molecule has 1 unspecified atom stereocenters. The summed E-state index contributed by atoms with van der Waals surface area (Å²) in [5.74, 6) is 0.0429. The van der Waals surface area contributed by atoms with Gasteiger partial charge in [-0.05, 0) is 31.9 Å². The number of nitrogens with one attached hydrogen (secondary N) is 2. The van der Waals surface area contributed by atoms with Crippen LogP contribution in [-0.4, -0.2) is 29.4 Å². The molecule has 1 aromatic rings. The maximum atomic E-state index is 12.2. The van der Waals surface area contributed by atoms with Gasteiger partial charge in [0.05, 0.1) is 0 Å². The fourth-order valence-electron chi connectivity index (χ4n) is 1.90. The van der Waals surface area contributed by atoms with Crippen LogP contribution in [0.3, 0.4) is 0 Å². The molecule has 0 fully saturated rings. The third-order valence-corrected chi connectivity index (χ3v) is 2.94. The number of hydrogen-bond donors (Lipinski definition) is 3. The first-order chi connectivity index (χ1) is 9.96. The number of carbonyl (C=O) groups excluding carboxylic acids is 2. The van der Waals surface area contributed by atoms with E-state index in [1.807, 2.05) is 6.92 Å². The highest BCUT2D eigenvalue weighted by atomic mass is 16.2. The van der Waals surface area contributed by atoms with Crippen LogP contribution < -0.4 is 16.4 Å². The van der Waals surface area contributed by atoms with Gasteiger partial charge >= 0.3 is 0 Å². The number of aryl methyl sites for hydroxylation is 1. The highest BCUT2D eigenvalue weighted by Gasteiger charge is 2.13. The van der Waals surface area contributed by atoms with Crippen LogP contribution in [0.25, 0.3) is 0 Å². The van der Waals surface area contributed by atoms with Crippen molar-refractivity contribution < 1.29 is 9.59 Å². The van der Waals surface area contributed by atoms with Gasteiger partial charge in [-0.1, -0.05) is 13.8 Å². The molecule has 0 saturated carbocycles. The third-order valence-electron chi connectivity index (χ3n) is 2.94. The lowest BCUT2D eigenvalue weighted by Crippen LogP contribution is -2.35. The van der Waals surface area contributed by atoms with Gasteiger partial charge in [-0.15, -0.1) is 0 Å². The zero-order valence-electron chi connectivity index (χ0n) is 12.9. The van der Waals surface area contributed by atoms with E-state index in [-0.39, 0.29) is 18.4 Å². The summed E-state index contributed by atoms with van der Waals surface area (Å²) < 4.78 is 0. The lowest BCUT2D eigenvalue weighted by molar-refractivity contribution is -0.118. The van der Waals surface area contributed by atoms with Gasteiger partial charge in [0.25, 0.3) is 5.91 Å². The lowest BCUT2D eigenvalue weighted by Gasteiger charge is -2.13. The van der Waals surface area contributed by atoms with Crippen LogP contribution in [0.4, 0.5) is 5.82 Å². The summed E-state index contributed by atoms with van der Waals surface area (Å²) in [6, 6.07) is 3.20. The van der Waals surface area contributed by atoms with Crippen LogP contribution in [0.5, 0.6) is 0 Å². The van der Waals surface area contributed by atoms with Crippen molar-refractivity contribution in [3.05, 3.63) is 23.4 Å². The second-order valence-electron chi connectivity index (χ2n) is 5.06. The minimum absolute atomic E-state index is 0.123. The maximum absolute atomic E-state index is 12.2. The quantitative estimate of drug-likeness (QED) is 0.675. The number of amides is 2. The zero-order chi connectivity index (χ0) is 15.8. The van der Waals surface area contributed by atoms with Crippen molar-refractivity contribution in [2.24, 2.45) is 5.73 Å². The molecule has 0 saturated heterocycles. The molecule has 6 nitrogen and oxygen atoms in total. The molecule has 0 aromatic carbocycles. The van der Waals surface area contributed by atoms with E-state index in [1.54, 1.807) is 19.1 Å². The first kappa shape index (κ1) is 16.9. The Morgan fingerprint density at radius 2 is 2.05 bits per heavy atom. The van der Waals surface area contributed by atoms with Crippen molar-refractivity contribution in [3.63, 3.8) is 0 Å². The molecule has 0 bridgehead atoms. The molecule has 1 atom stereocenters. The Labute approximate surface area is 125 Å². The van der Waals surface area contributed by atoms with Crippen LogP contribution >= 0.6 is 0 Å². The molecule has 0 spiro atoms. The topological polar surface area (TPSA) is 97.1 Å². The fourth-order valence-corrected chi connectivity index (χ4v) is 1.90. The van der Waals surface area contributed by atoms with Crippen LogP contribution in [0.15, 0.2) is 12.1 Å². The normalized spacial score (nSPS) is 11.8. The highest BCUT2D eigenvalue weighted by Crippen LogP contribution is 2.12. The number of rotatable bonds is 8. The van der Waals surface area contributed by atoms with Crippen LogP contribution in [0, 0.1) is 0 Å². The van der Waals surface area contributed by atoms with E-state index in [2.05, 4.69) is 22.5 Å². The van der Waals surface area contributed by atoms with Gasteiger partial charge in [-0.25, -0.2) is 4.98 Å². The predicted molar refractivity (Wildman–Crippen MR) is 83.1 cm³/mol. The fraction of sp³-hybridized carbons (Fsp3) is 0.533. The Balaban J connectivity index is 2.84. The van der Waals surface area contributed by atoms with E-state index in [4.69, 9.17) is 5.73 Å². The summed E-state index contributed by atoms with van der Waals surface area (Å²) in [5.41, 5.74) is 6.51. The second-order valence-corrected chi connectivity index (χ2v) is 5.06. The number of nitrogens with zero attached hydrogens (tertiary/aromatic N) is 1. The van der Waals surface area contributed by atoms with Gasteiger partial charge in [0, 0.05) is 30.3 Å². The molecule has 0 aliphatic rings. The molecular weight excluding hydrogens is 268 g/mol. The Morgan fingerprint density at radius 3 is 2.62 bits per heavy atom. The van der Waals surface area contributed by atoms with Gasteiger partial charge in [0.15, 0.2) is 0 Å². The molecule has 1 rings (SSSR count). The molecule has 1 aromatic heterocycles. The highest BCUT2D eigenvalue weighted by molar-refractivity contribution is 5.95. The van der Waals surface area contributed by atoms with Crippen LogP contribution in [0.1, 0.15) is 49.7 Å². The monoisotopic (exact) mass is 292 g/mol. The number of hydrogen-bond acceptors (Lipinski definition) is 4. The summed E-state index contributed by atoms with van der Waals surface area (Å²) in [5, 5.41) is 5.95. The van der Waals surface area contributed by atoms with Crippen LogP contribution in [-0.2, 0) is 11.2 Å². The number of aromatic nitrogens is 1. The largest absolute Gasteiger partial charge is 0.370 e. The number of carbonyl (C=O) groups is 2. The Kier molecular flexibility index (Phi) is 6.65. The molecule has 1 heterocycles.